The van der Waals surface area contributed by atoms with E-state index in [-0.39, 0.29) is 5.82 Å². The van der Waals surface area contributed by atoms with E-state index in [1.165, 1.54) is 18.2 Å². The Kier molecular flexibility index (Phi) is 5.32. The first kappa shape index (κ1) is 16.4. The summed E-state index contributed by atoms with van der Waals surface area (Å²) in [7, 11) is -3.27. The average molecular weight is 309 g/mol. The fourth-order valence-corrected chi connectivity index (χ4v) is 2.99. The van der Waals surface area contributed by atoms with Crippen molar-refractivity contribution < 1.29 is 12.8 Å². The van der Waals surface area contributed by atoms with E-state index in [0.29, 0.717) is 23.7 Å². The van der Waals surface area contributed by atoms with Crippen LogP contribution in [0.2, 0.25) is 5.02 Å². The van der Waals surface area contributed by atoms with Crippen molar-refractivity contribution in [2.45, 2.75) is 25.9 Å². The van der Waals surface area contributed by atoms with Crippen molar-refractivity contribution in [3.63, 3.8) is 0 Å². The van der Waals surface area contributed by atoms with Gasteiger partial charge < -0.3 is 5.32 Å². The average Bonchev–Trinajstić information content (AvgIpc) is 2.19. The monoisotopic (exact) mass is 308 g/mol. The third-order valence-corrected chi connectivity index (χ3v) is 3.64. The third kappa shape index (κ3) is 6.33. The van der Waals surface area contributed by atoms with E-state index >= 15 is 0 Å². The number of nitrogens with one attached hydrogen (secondary N) is 2. The highest BCUT2D eigenvalue weighted by Gasteiger charge is 2.21. The molecule has 0 radical (unpaired) electrons. The topological polar surface area (TPSA) is 58.2 Å². The summed E-state index contributed by atoms with van der Waals surface area (Å²) in [4.78, 5) is 0. The van der Waals surface area contributed by atoms with E-state index in [1.54, 1.807) is 13.8 Å². The molecule has 0 amide bonds. The summed E-state index contributed by atoms with van der Waals surface area (Å²) in [5.74, 6) is -0.352. The van der Waals surface area contributed by atoms with Gasteiger partial charge in [0, 0.05) is 23.7 Å². The summed E-state index contributed by atoms with van der Waals surface area (Å²) in [5.41, 5.74) is 0.00438. The second-order valence-electron chi connectivity index (χ2n) is 5.10. The van der Waals surface area contributed by atoms with Gasteiger partial charge in [-0.2, -0.15) is 0 Å². The molecule has 0 aliphatic carbocycles. The van der Waals surface area contributed by atoms with Crippen molar-refractivity contribution in [1.29, 1.82) is 0 Å². The molecule has 7 heteroatoms. The molecule has 1 aromatic rings. The van der Waals surface area contributed by atoms with Crippen molar-refractivity contribution >= 4 is 21.6 Å². The van der Waals surface area contributed by atoms with Crippen molar-refractivity contribution in [3.05, 3.63) is 34.6 Å². The summed E-state index contributed by atoms with van der Waals surface area (Å²) in [6.07, 6.45) is 1.11. The van der Waals surface area contributed by atoms with Crippen molar-refractivity contribution in [2.75, 3.05) is 12.8 Å². The number of halogens is 2. The van der Waals surface area contributed by atoms with Gasteiger partial charge in [-0.25, -0.2) is 17.5 Å². The third-order valence-electron chi connectivity index (χ3n) is 2.35. The van der Waals surface area contributed by atoms with Gasteiger partial charge in [-0.3, -0.25) is 0 Å². The molecule has 0 aliphatic rings. The zero-order valence-electron chi connectivity index (χ0n) is 11.1. The molecule has 4 nitrogen and oxygen atoms in total. The molecule has 2 N–H and O–H groups in total. The van der Waals surface area contributed by atoms with Crippen LogP contribution < -0.4 is 10.0 Å². The molecule has 0 aliphatic heterocycles. The van der Waals surface area contributed by atoms with Gasteiger partial charge in [0.05, 0.1) is 6.26 Å². The Balaban J connectivity index is 2.56. The van der Waals surface area contributed by atoms with Crippen LogP contribution in [0, 0.1) is 5.82 Å². The summed E-state index contributed by atoms with van der Waals surface area (Å²) >= 11 is 5.93. The maximum absolute atomic E-state index is 13.1. The van der Waals surface area contributed by atoms with Crippen LogP contribution in [0.15, 0.2) is 18.2 Å². The van der Waals surface area contributed by atoms with Crippen LogP contribution in [0.25, 0.3) is 0 Å². The van der Waals surface area contributed by atoms with Gasteiger partial charge in [0.2, 0.25) is 10.0 Å². The van der Waals surface area contributed by atoms with Crippen LogP contribution in [0.1, 0.15) is 19.4 Å². The van der Waals surface area contributed by atoms with Crippen LogP contribution >= 0.6 is 11.6 Å². The van der Waals surface area contributed by atoms with Crippen molar-refractivity contribution in [3.8, 4) is 0 Å². The standard InChI is InChI=1S/C12H18ClFN2O2S/c1-12(2,16-19(3,17)18)8-15-7-9-6-10(14)4-5-11(9)13/h4-6,15-16H,7-8H2,1-3H3. The Morgan fingerprint density at radius 1 is 1.37 bits per heavy atom. The molecule has 108 valence electrons. The minimum Gasteiger partial charge on any atom is -0.311 e. The molecule has 0 saturated heterocycles. The largest absolute Gasteiger partial charge is 0.311 e. The predicted molar refractivity (Wildman–Crippen MR) is 75.2 cm³/mol. The van der Waals surface area contributed by atoms with Gasteiger partial charge in [0.25, 0.3) is 0 Å². The molecule has 1 aromatic carbocycles. The Labute approximate surface area is 118 Å². The van der Waals surface area contributed by atoms with Gasteiger partial charge >= 0.3 is 0 Å². The maximum Gasteiger partial charge on any atom is 0.209 e. The Bertz CT molecular complexity index is 547. The highest BCUT2D eigenvalue weighted by Crippen LogP contribution is 2.16. The Morgan fingerprint density at radius 2 is 2.00 bits per heavy atom. The van der Waals surface area contributed by atoms with Gasteiger partial charge in [-0.1, -0.05) is 11.6 Å². The molecular weight excluding hydrogens is 291 g/mol. The first-order valence-electron chi connectivity index (χ1n) is 5.73. The summed E-state index contributed by atoms with van der Waals surface area (Å²) in [6, 6.07) is 4.14. The van der Waals surface area contributed by atoms with Gasteiger partial charge in [-0.15, -0.1) is 0 Å². The molecular formula is C12H18ClFN2O2S. The first-order chi connectivity index (χ1) is 8.59. The Hall–Kier alpha value is -0.690. The van der Waals surface area contributed by atoms with Gasteiger partial charge in [-0.05, 0) is 37.6 Å². The minimum absolute atomic E-state index is 0.352. The second kappa shape index (κ2) is 6.17. The number of sulfonamides is 1. The lowest BCUT2D eigenvalue weighted by atomic mass is 10.1. The molecule has 0 saturated carbocycles. The van der Waals surface area contributed by atoms with Crippen LogP contribution in [-0.2, 0) is 16.6 Å². The van der Waals surface area contributed by atoms with E-state index in [4.69, 9.17) is 11.6 Å². The molecule has 0 aromatic heterocycles. The van der Waals surface area contributed by atoms with Gasteiger partial charge in [0.1, 0.15) is 5.82 Å². The maximum atomic E-state index is 13.1. The molecule has 19 heavy (non-hydrogen) atoms. The highest BCUT2D eigenvalue weighted by atomic mass is 35.5. The minimum atomic E-state index is -3.27. The molecule has 0 heterocycles. The van der Waals surface area contributed by atoms with Crippen LogP contribution in [-0.4, -0.2) is 26.8 Å². The Morgan fingerprint density at radius 3 is 2.58 bits per heavy atom. The molecule has 0 fully saturated rings. The molecule has 0 bridgehead atoms. The van der Waals surface area contributed by atoms with E-state index in [9.17, 15) is 12.8 Å². The van der Waals surface area contributed by atoms with Crippen LogP contribution in [0.3, 0.4) is 0 Å². The summed E-state index contributed by atoms with van der Waals surface area (Å²) < 4.78 is 37.9. The van der Waals surface area contributed by atoms with Crippen LogP contribution in [0.5, 0.6) is 0 Å². The lowest BCUT2D eigenvalue weighted by Crippen LogP contribution is -2.49. The lowest BCUT2D eigenvalue weighted by Gasteiger charge is -2.25. The molecule has 1 rings (SSSR count). The van der Waals surface area contributed by atoms with E-state index in [2.05, 4.69) is 10.0 Å². The second-order valence-corrected chi connectivity index (χ2v) is 7.25. The van der Waals surface area contributed by atoms with E-state index in [1.807, 2.05) is 0 Å². The fraction of sp³-hybridized carbons (Fsp3) is 0.500. The number of hydrogen-bond acceptors (Lipinski definition) is 3. The lowest BCUT2D eigenvalue weighted by molar-refractivity contribution is 0.421. The number of benzene rings is 1. The zero-order valence-corrected chi connectivity index (χ0v) is 12.7. The van der Waals surface area contributed by atoms with Gasteiger partial charge in [0.15, 0.2) is 0 Å². The van der Waals surface area contributed by atoms with E-state index in [0.717, 1.165) is 6.26 Å². The zero-order chi connectivity index (χ0) is 14.7. The summed E-state index contributed by atoms with van der Waals surface area (Å²) in [6.45, 7) is 4.28. The quantitative estimate of drug-likeness (QED) is 0.844. The van der Waals surface area contributed by atoms with E-state index < -0.39 is 15.6 Å². The van der Waals surface area contributed by atoms with Crippen molar-refractivity contribution in [2.24, 2.45) is 0 Å². The molecule has 0 atom stereocenters. The molecule has 0 spiro atoms. The number of rotatable bonds is 6. The highest BCUT2D eigenvalue weighted by molar-refractivity contribution is 7.88. The first-order valence-corrected chi connectivity index (χ1v) is 8.00. The fourth-order valence-electron chi connectivity index (χ4n) is 1.73. The SMILES string of the molecule is CC(C)(CNCc1cc(F)ccc1Cl)NS(C)(=O)=O. The predicted octanol–water partition coefficient (Wildman–Crippen LogP) is 1.90. The van der Waals surface area contributed by atoms with Crippen molar-refractivity contribution in [1.82, 2.24) is 10.0 Å². The number of hydrogen-bond donors (Lipinski definition) is 2. The molecule has 0 unspecified atom stereocenters. The van der Waals surface area contributed by atoms with Crippen LogP contribution in [0.4, 0.5) is 4.39 Å². The normalized spacial score (nSPS) is 12.7. The summed E-state index contributed by atoms with van der Waals surface area (Å²) in [5, 5.41) is 3.53. The smallest absolute Gasteiger partial charge is 0.209 e.